The van der Waals surface area contributed by atoms with E-state index in [1.807, 2.05) is 38.6 Å². The number of allylic oxidation sites excluding steroid dienone is 1. The van der Waals surface area contributed by atoms with E-state index < -0.39 is 0 Å². The molecule has 0 bridgehead atoms. The highest BCUT2D eigenvalue weighted by Crippen LogP contribution is 2.24. The fourth-order valence-corrected chi connectivity index (χ4v) is 1.74. The lowest BCUT2D eigenvalue weighted by atomic mass is 10.2. The van der Waals surface area contributed by atoms with Crippen LogP contribution in [0.5, 0.6) is 0 Å². The zero-order chi connectivity index (χ0) is 10.2. The van der Waals surface area contributed by atoms with Crippen LogP contribution < -0.4 is 0 Å². The molecule has 0 aromatic heterocycles. The standard InChI is InChI=1S/C10H17N2O/c1-6-7-12-8(2)9(13)11(5)10(12,3)4/h6-8H,1H2,2-5H3/q+1/b12-7-/t8-/m0/s1. The van der Waals surface area contributed by atoms with E-state index in [0.29, 0.717) is 0 Å². The summed E-state index contributed by atoms with van der Waals surface area (Å²) in [4.78, 5) is 13.4. The molecule has 0 aromatic carbocycles. The van der Waals surface area contributed by atoms with Crippen LogP contribution in [0.25, 0.3) is 0 Å². The maximum absolute atomic E-state index is 11.6. The average molecular weight is 181 g/mol. The molecule has 1 atom stereocenters. The van der Waals surface area contributed by atoms with Gasteiger partial charge >= 0.3 is 0 Å². The van der Waals surface area contributed by atoms with E-state index in [-0.39, 0.29) is 17.6 Å². The summed E-state index contributed by atoms with van der Waals surface area (Å²) < 4.78 is 2.02. The topological polar surface area (TPSA) is 23.3 Å². The lowest BCUT2D eigenvalue weighted by Gasteiger charge is -2.21. The van der Waals surface area contributed by atoms with Crippen molar-refractivity contribution in [1.29, 1.82) is 0 Å². The fraction of sp³-hybridized carbons (Fsp3) is 0.600. The smallest absolute Gasteiger partial charge is 0.280 e. The first kappa shape index (κ1) is 9.96. The van der Waals surface area contributed by atoms with E-state index in [4.69, 9.17) is 0 Å². The largest absolute Gasteiger partial charge is 0.295 e. The maximum atomic E-state index is 11.6. The van der Waals surface area contributed by atoms with Gasteiger partial charge in [0.25, 0.3) is 5.91 Å². The molecule has 3 nitrogen and oxygen atoms in total. The fourth-order valence-electron chi connectivity index (χ4n) is 1.74. The molecule has 13 heavy (non-hydrogen) atoms. The first-order valence-corrected chi connectivity index (χ1v) is 4.45. The number of amides is 1. The van der Waals surface area contributed by atoms with Crippen LogP contribution in [0, 0.1) is 0 Å². The van der Waals surface area contributed by atoms with Gasteiger partial charge in [0.15, 0.2) is 6.21 Å². The number of nitrogens with zero attached hydrogens (tertiary/aromatic N) is 2. The van der Waals surface area contributed by atoms with Crippen LogP contribution in [-0.2, 0) is 4.79 Å². The van der Waals surface area contributed by atoms with Gasteiger partial charge in [0.1, 0.15) is 0 Å². The van der Waals surface area contributed by atoms with Crippen LogP contribution in [0.1, 0.15) is 20.8 Å². The van der Waals surface area contributed by atoms with E-state index in [2.05, 4.69) is 6.58 Å². The highest BCUT2D eigenvalue weighted by Gasteiger charge is 2.51. The van der Waals surface area contributed by atoms with Crippen molar-refractivity contribution in [1.82, 2.24) is 4.90 Å². The van der Waals surface area contributed by atoms with Crippen LogP contribution in [0.2, 0.25) is 0 Å². The van der Waals surface area contributed by atoms with Crippen LogP contribution in [-0.4, -0.2) is 40.3 Å². The SMILES string of the molecule is C=C/C=[N+]1/[C@@H](C)C(=O)N(C)C1(C)C. The van der Waals surface area contributed by atoms with Crippen molar-refractivity contribution in [3.63, 3.8) is 0 Å². The Morgan fingerprint density at radius 2 is 2.15 bits per heavy atom. The minimum absolute atomic E-state index is 0.0852. The van der Waals surface area contributed by atoms with E-state index in [9.17, 15) is 4.79 Å². The van der Waals surface area contributed by atoms with Gasteiger partial charge in [-0.3, -0.25) is 9.69 Å². The molecule has 0 N–H and O–H groups in total. The molecule has 0 aromatic rings. The molecule has 1 aliphatic heterocycles. The van der Waals surface area contributed by atoms with Gasteiger partial charge in [0.05, 0.1) is 0 Å². The number of rotatable bonds is 1. The minimum Gasteiger partial charge on any atom is -0.280 e. The second kappa shape index (κ2) is 2.98. The highest BCUT2D eigenvalue weighted by atomic mass is 16.2. The Morgan fingerprint density at radius 1 is 1.62 bits per heavy atom. The molecule has 1 amide bonds. The first-order chi connectivity index (χ1) is 5.92. The third-order valence-electron chi connectivity index (χ3n) is 2.82. The van der Waals surface area contributed by atoms with E-state index >= 15 is 0 Å². The minimum atomic E-state index is -0.245. The summed E-state index contributed by atoms with van der Waals surface area (Å²) in [5.41, 5.74) is -0.245. The van der Waals surface area contributed by atoms with Crippen LogP contribution in [0.3, 0.4) is 0 Å². The second-order valence-electron chi connectivity index (χ2n) is 3.86. The molecule has 1 heterocycles. The van der Waals surface area contributed by atoms with Crippen molar-refractivity contribution in [2.24, 2.45) is 0 Å². The number of carbonyl (C=O) groups is 1. The molecular formula is C10H17N2O+. The summed E-state index contributed by atoms with van der Waals surface area (Å²) >= 11 is 0. The third-order valence-corrected chi connectivity index (χ3v) is 2.82. The number of carbonyl (C=O) groups excluding carboxylic acids is 1. The molecule has 3 heteroatoms. The maximum Gasteiger partial charge on any atom is 0.295 e. The summed E-state index contributed by atoms with van der Waals surface area (Å²) in [6.45, 7) is 9.60. The molecule has 0 aliphatic carbocycles. The van der Waals surface area contributed by atoms with Crippen molar-refractivity contribution in [2.45, 2.75) is 32.5 Å². The molecule has 0 saturated carbocycles. The molecule has 1 aliphatic rings. The monoisotopic (exact) mass is 181 g/mol. The Bertz CT molecular complexity index is 279. The predicted molar refractivity (Wildman–Crippen MR) is 52.8 cm³/mol. The van der Waals surface area contributed by atoms with Gasteiger partial charge in [0, 0.05) is 27.8 Å². The van der Waals surface area contributed by atoms with Crippen molar-refractivity contribution in [3.05, 3.63) is 12.7 Å². The second-order valence-corrected chi connectivity index (χ2v) is 3.86. The lowest BCUT2D eigenvalue weighted by Crippen LogP contribution is -2.43. The Hall–Kier alpha value is -1.12. The van der Waals surface area contributed by atoms with Crippen LogP contribution in [0.4, 0.5) is 0 Å². The Balaban J connectivity index is 3.17. The number of likely N-dealkylation sites (N-methyl/N-ethyl adjacent to an activating group) is 1. The Kier molecular flexibility index (Phi) is 2.28. The van der Waals surface area contributed by atoms with E-state index in [1.54, 1.807) is 11.0 Å². The van der Waals surface area contributed by atoms with E-state index in [1.165, 1.54) is 0 Å². The summed E-state index contributed by atoms with van der Waals surface area (Å²) in [5, 5.41) is 0. The van der Waals surface area contributed by atoms with Crippen molar-refractivity contribution >= 4 is 12.1 Å². The molecule has 0 radical (unpaired) electrons. The first-order valence-electron chi connectivity index (χ1n) is 4.45. The number of hydrogen-bond acceptors (Lipinski definition) is 1. The van der Waals surface area contributed by atoms with Gasteiger partial charge in [-0.15, -0.1) is 0 Å². The molecule has 0 spiro atoms. The molecule has 1 saturated heterocycles. The highest BCUT2D eigenvalue weighted by molar-refractivity contribution is 5.83. The summed E-state index contributed by atoms with van der Waals surface area (Å²) in [6, 6.07) is -0.0852. The Labute approximate surface area is 79.4 Å². The van der Waals surface area contributed by atoms with Crippen molar-refractivity contribution in [2.75, 3.05) is 7.05 Å². The predicted octanol–water partition coefficient (Wildman–Crippen LogP) is 0.852. The van der Waals surface area contributed by atoms with E-state index in [0.717, 1.165) is 0 Å². The van der Waals surface area contributed by atoms with Gasteiger partial charge in [-0.25, -0.2) is 4.58 Å². The van der Waals surface area contributed by atoms with Crippen LogP contribution >= 0.6 is 0 Å². The summed E-state index contributed by atoms with van der Waals surface area (Å²) in [5.74, 6) is 0.156. The van der Waals surface area contributed by atoms with Gasteiger partial charge in [-0.05, 0) is 6.08 Å². The molecule has 1 fully saturated rings. The van der Waals surface area contributed by atoms with Gasteiger partial charge in [0.2, 0.25) is 11.7 Å². The zero-order valence-corrected chi connectivity index (χ0v) is 8.74. The summed E-state index contributed by atoms with van der Waals surface area (Å²) in [6.07, 6.45) is 3.58. The quantitative estimate of drug-likeness (QED) is 0.550. The van der Waals surface area contributed by atoms with Gasteiger partial charge in [-0.1, -0.05) is 6.58 Å². The molecule has 0 unspecified atom stereocenters. The lowest BCUT2D eigenvalue weighted by molar-refractivity contribution is -0.613. The zero-order valence-electron chi connectivity index (χ0n) is 8.74. The van der Waals surface area contributed by atoms with Gasteiger partial charge < -0.3 is 0 Å². The summed E-state index contributed by atoms with van der Waals surface area (Å²) in [7, 11) is 1.83. The van der Waals surface area contributed by atoms with Crippen molar-refractivity contribution < 1.29 is 9.37 Å². The average Bonchev–Trinajstić information content (AvgIpc) is 2.20. The van der Waals surface area contributed by atoms with Crippen molar-refractivity contribution in [3.8, 4) is 0 Å². The molecule has 72 valence electrons. The Morgan fingerprint density at radius 3 is 2.46 bits per heavy atom. The normalized spacial score (nSPS) is 29.8. The number of hydrogen-bond donors (Lipinski definition) is 0. The molecule has 1 rings (SSSR count). The van der Waals surface area contributed by atoms with Crippen LogP contribution in [0.15, 0.2) is 12.7 Å². The third kappa shape index (κ3) is 1.28. The molecular weight excluding hydrogens is 164 g/mol. The van der Waals surface area contributed by atoms with Gasteiger partial charge in [-0.2, -0.15) is 0 Å².